The summed E-state index contributed by atoms with van der Waals surface area (Å²) in [6.45, 7) is 0. The van der Waals surface area contributed by atoms with Gasteiger partial charge in [0.1, 0.15) is 0 Å². The van der Waals surface area contributed by atoms with Gasteiger partial charge in [-0.15, -0.1) is 0 Å². The fourth-order valence-electron chi connectivity index (χ4n) is 3.87. The molecule has 3 fully saturated rings. The molecule has 0 N–H and O–H groups in total. The van der Waals surface area contributed by atoms with Crippen molar-refractivity contribution in [1.82, 2.24) is 0 Å². The second-order valence-corrected chi connectivity index (χ2v) is 9.12. The van der Waals surface area contributed by atoms with Crippen LogP contribution in [-0.2, 0) is 19.4 Å². The summed E-state index contributed by atoms with van der Waals surface area (Å²) in [4.78, 5) is 12.0. The van der Waals surface area contributed by atoms with E-state index in [9.17, 15) is 13.2 Å². The SMILES string of the molecule is COC(=O)C1CC2(CS(=O)(=O)c3ccc(Br)cc3)CC1C2. The van der Waals surface area contributed by atoms with Crippen molar-refractivity contribution in [3.8, 4) is 0 Å². The fourth-order valence-corrected chi connectivity index (χ4v) is 6.01. The quantitative estimate of drug-likeness (QED) is 0.762. The average molecular weight is 373 g/mol. The number of esters is 1. The summed E-state index contributed by atoms with van der Waals surface area (Å²) in [6, 6.07) is 6.72. The third-order valence-corrected chi connectivity index (χ3v) is 7.30. The molecule has 1 atom stereocenters. The Balaban J connectivity index is 1.76. The standard InChI is InChI=1S/C15H17BrO4S/c1-20-14(17)13-8-15(6-10(13)7-15)9-21(18,19)12-4-2-11(16)3-5-12/h2-5,10,13H,6-9H2,1H3. The molecule has 0 aliphatic heterocycles. The van der Waals surface area contributed by atoms with Crippen LogP contribution in [0.5, 0.6) is 0 Å². The summed E-state index contributed by atoms with van der Waals surface area (Å²) in [5, 5.41) is 0. The Hall–Kier alpha value is -0.880. The Labute approximate surface area is 132 Å². The van der Waals surface area contributed by atoms with Crippen molar-refractivity contribution in [3.63, 3.8) is 0 Å². The second kappa shape index (κ2) is 5.09. The Morgan fingerprint density at radius 3 is 2.48 bits per heavy atom. The van der Waals surface area contributed by atoms with Crippen LogP contribution in [0.4, 0.5) is 0 Å². The van der Waals surface area contributed by atoms with E-state index < -0.39 is 9.84 Å². The van der Waals surface area contributed by atoms with Crippen LogP contribution in [0.2, 0.25) is 0 Å². The lowest BCUT2D eigenvalue weighted by atomic mass is 9.71. The van der Waals surface area contributed by atoms with Gasteiger partial charge in [-0.25, -0.2) is 8.42 Å². The molecular formula is C15H17BrO4S. The lowest BCUT2D eigenvalue weighted by molar-refractivity contribution is -0.146. The Morgan fingerprint density at radius 1 is 1.29 bits per heavy atom. The molecule has 0 spiro atoms. The lowest BCUT2D eigenvalue weighted by Gasteiger charge is -2.38. The summed E-state index contributed by atoms with van der Waals surface area (Å²) >= 11 is 3.30. The highest BCUT2D eigenvalue weighted by Gasteiger charge is 2.59. The summed E-state index contributed by atoms with van der Waals surface area (Å²) in [6.07, 6.45) is 2.28. The molecular weight excluding hydrogens is 356 g/mol. The highest BCUT2D eigenvalue weighted by Crippen LogP contribution is 2.62. The van der Waals surface area contributed by atoms with Gasteiger partial charge in [0.25, 0.3) is 0 Å². The van der Waals surface area contributed by atoms with Crippen molar-refractivity contribution in [2.45, 2.75) is 24.2 Å². The molecule has 0 amide bonds. The van der Waals surface area contributed by atoms with Crippen molar-refractivity contribution in [3.05, 3.63) is 28.7 Å². The number of hydrogen-bond donors (Lipinski definition) is 0. The molecule has 2 bridgehead atoms. The minimum absolute atomic E-state index is 0.116. The van der Waals surface area contributed by atoms with Crippen molar-refractivity contribution < 1.29 is 17.9 Å². The van der Waals surface area contributed by atoms with Crippen LogP contribution in [0, 0.1) is 17.3 Å². The van der Waals surface area contributed by atoms with E-state index in [1.54, 1.807) is 24.3 Å². The van der Waals surface area contributed by atoms with Gasteiger partial charge in [-0.2, -0.15) is 0 Å². The molecule has 6 heteroatoms. The number of ether oxygens (including phenoxy) is 1. The third-order valence-electron chi connectivity index (χ3n) is 4.79. The number of halogens is 1. The molecule has 0 aromatic heterocycles. The van der Waals surface area contributed by atoms with Crippen LogP contribution >= 0.6 is 15.9 Å². The maximum atomic E-state index is 12.5. The molecule has 4 nitrogen and oxygen atoms in total. The van der Waals surface area contributed by atoms with E-state index in [4.69, 9.17) is 4.74 Å². The van der Waals surface area contributed by atoms with Gasteiger partial charge < -0.3 is 4.74 Å². The number of carbonyl (C=O) groups is 1. The number of methoxy groups -OCH3 is 1. The largest absolute Gasteiger partial charge is 0.469 e. The van der Waals surface area contributed by atoms with Crippen LogP contribution in [0.1, 0.15) is 19.3 Å². The van der Waals surface area contributed by atoms with Crippen molar-refractivity contribution in [2.24, 2.45) is 17.3 Å². The van der Waals surface area contributed by atoms with Gasteiger partial charge in [-0.05, 0) is 54.9 Å². The van der Waals surface area contributed by atoms with Crippen LogP contribution in [-0.4, -0.2) is 27.2 Å². The summed E-state index contributed by atoms with van der Waals surface area (Å²) in [5.74, 6) is 0.124. The van der Waals surface area contributed by atoms with Gasteiger partial charge in [0.2, 0.25) is 0 Å². The van der Waals surface area contributed by atoms with E-state index in [1.165, 1.54) is 7.11 Å². The highest BCUT2D eigenvalue weighted by atomic mass is 79.9. The van der Waals surface area contributed by atoms with Gasteiger partial charge >= 0.3 is 5.97 Å². The molecule has 3 aliphatic carbocycles. The van der Waals surface area contributed by atoms with Crippen molar-refractivity contribution >= 4 is 31.7 Å². The minimum atomic E-state index is -3.31. The van der Waals surface area contributed by atoms with E-state index in [1.807, 2.05) is 0 Å². The molecule has 0 saturated heterocycles. The average Bonchev–Trinajstić information content (AvgIpc) is 2.92. The van der Waals surface area contributed by atoms with Gasteiger partial charge in [0.05, 0.1) is 23.7 Å². The van der Waals surface area contributed by atoms with E-state index in [0.29, 0.717) is 17.2 Å². The molecule has 0 radical (unpaired) electrons. The molecule has 1 unspecified atom stereocenters. The zero-order valence-electron chi connectivity index (χ0n) is 11.7. The first-order valence-corrected chi connectivity index (χ1v) is 9.36. The molecule has 21 heavy (non-hydrogen) atoms. The molecule has 3 saturated carbocycles. The molecule has 1 aromatic rings. The van der Waals surface area contributed by atoms with E-state index in [-0.39, 0.29) is 23.1 Å². The predicted octanol–water partition coefficient (Wildman–Crippen LogP) is 2.81. The smallest absolute Gasteiger partial charge is 0.308 e. The zero-order chi connectivity index (χ0) is 15.3. The molecule has 0 heterocycles. The Bertz CT molecular complexity index is 659. The monoisotopic (exact) mass is 372 g/mol. The number of carbonyl (C=O) groups excluding carboxylic acids is 1. The van der Waals surface area contributed by atoms with Crippen LogP contribution in [0.3, 0.4) is 0 Å². The van der Waals surface area contributed by atoms with Crippen molar-refractivity contribution in [1.29, 1.82) is 0 Å². The minimum Gasteiger partial charge on any atom is -0.469 e. The third kappa shape index (κ3) is 2.63. The maximum absolute atomic E-state index is 12.5. The Kier molecular flexibility index (Phi) is 3.64. The summed E-state index contributed by atoms with van der Waals surface area (Å²) in [7, 11) is -1.92. The van der Waals surface area contributed by atoms with Crippen LogP contribution in [0.15, 0.2) is 33.6 Å². The predicted molar refractivity (Wildman–Crippen MR) is 81.5 cm³/mol. The van der Waals surface area contributed by atoms with E-state index >= 15 is 0 Å². The van der Waals surface area contributed by atoms with Gasteiger partial charge in [-0.1, -0.05) is 15.9 Å². The second-order valence-electron chi connectivity index (χ2n) is 6.22. The van der Waals surface area contributed by atoms with Gasteiger partial charge in [0, 0.05) is 4.47 Å². The molecule has 114 valence electrons. The molecule has 3 aliphatic rings. The Morgan fingerprint density at radius 2 is 1.90 bits per heavy atom. The number of hydrogen-bond acceptors (Lipinski definition) is 4. The van der Waals surface area contributed by atoms with Crippen LogP contribution < -0.4 is 0 Å². The number of sulfone groups is 1. The maximum Gasteiger partial charge on any atom is 0.308 e. The van der Waals surface area contributed by atoms with Gasteiger partial charge in [-0.3, -0.25) is 4.79 Å². The van der Waals surface area contributed by atoms with Crippen molar-refractivity contribution in [2.75, 3.05) is 12.9 Å². The topological polar surface area (TPSA) is 60.4 Å². The lowest BCUT2D eigenvalue weighted by Crippen LogP contribution is -2.35. The summed E-state index contributed by atoms with van der Waals surface area (Å²) < 4.78 is 30.8. The number of fused-ring (bicyclic) bond motifs is 1. The highest BCUT2D eigenvalue weighted by molar-refractivity contribution is 9.10. The molecule has 1 aromatic carbocycles. The van der Waals surface area contributed by atoms with Crippen LogP contribution in [0.25, 0.3) is 0 Å². The van der Waals surface area contributed by atoms with E-state index in [0.717, 1.165) is 17.3 Å². The first-order chi connectivity index (χ1) is 9.85. The normalized spacial score (nSPS) is 30.8. The summed E-state index contributed by atoms with van der Waals surface area (Å²) in [5.41, 5.74) is -0.227. The number of rotatable bonds is 4. The first kappa shape index (κ1) is 15.0. The molecule has 4 rings (SSSR count). The zero-order valence-corrected chi connectivity index (χ0v) is 14.1. The van der Waals surface area contributed by atoms with Gasteiger partial charge in [0.15, 0.2) is 9.84 Å². The fraction of sp³-hybridized carbons (Fsp3) is 0.533. The first-order valence-electron chi connectivity index (χ1n) is 6.91. The number of benzene rings is 1. The van der Waals surface area contributed by atoms with E-state index in [2.05, 4.69) is 15.9 Å².